The summed E-state index contributed by atoms with van der Waals surface area (Å²) < 4.78 is 4.89. The van der Waals surface area contributed by atoms with E-state index >= 15 is 0 Å². The van der Waals surface area contributed by atoms with Crippen molar-refractivity contribution in [1.82, 2.24) is 0 Å². The molecule has 1 aromatic rings. The van der Waals surface area contributed by atoms with Crippen molar-refractivity contribution in [1.29, 1.82) is 5.41 Å². The van der Waals surface area contributed by atoms with Crippen molar-refractivity contribution >= 4 is 17.3 Å². The first-order valence-electron chi connectivity index (χ1n) is 4.37. The molecule has 0 amide bonds. The zero-order chi connectivity index (χ0) is 12.3. The number of nitrogens with one attached hydrogen (secondary N) is 1. The smallest absolute Gasteiger partial charge is 0.296 e. The summed E-state index contributed by atoms with van der Waals surface area (Å²) in [6.45, 7) is 0. The number of anilines is 1. The van der Waals surface area contributed by atoms with E-state index < -0.39 is 4.92 Å². The Hall–Kier alpha value is -2.31. The number of hydrogen-bond donors (Lipinski definition) is 2. The lowest BCUT2D eigenvalue weighted by Crippen LogP contribution is -2.33. The van der Waals surface area contributed by atoms with Crippen LogP contribution in [0.3, 0.4) is 0 Å². The van der Waals surface area contributed by atoms with Gasteiger partial charge in [-0.1, -0.05) is 0 Å². The molecule has 0 saturated heterocycles. The van der Waals surface area contributed by atoms with E-state index in [1.807, 2.05) is 0 Å². The van der Waals surface area contributed by atoms with Gasteiger partial charge in [0.05, 0.1) is 18.1 Å². The first-order chi connectivity index (χ1) is 7.47. The van der Waals surface area contributed by atoms with Crippen LogP contribution in [-0.4, -0.2) is 25.0 Å². The van der Waals surface area contributed by atoms with E-state index in [1.165, 1.54) is 31.2 Å². The Labute approximate surface area is 92.1 Å². The highest BCUT2D eigenvalue weighted by molar-refractivity contribution is 5.94. The van der Waals surface area contributed by atoms with Crippen LogP contribution in [0.2, 0.25) is 0 Å². The molecule has 0 atom stereocenters. The molecule has 0 saturated carbocycles. The summed E-state index contributed by atoms with van der Waals surface area (Å²) in [5.41, 5.74) is 5.36. The highest BCUT2D eigenvalue weighted by Gasteiger charge is 2.19. The van der Waals surface area contributed by atoms with Crippen LogP contribution < -0.4 is 15.4 Å². The average molecular weight is 224 g/mol. The number of ether oxygens (including phenoxy) is 1. The van der Waals surface area contributed by atoms with Gasteiger partial charge in [-0.15, -0.1) is 0 Å². The molecule has 16 heavy (non-hydrogen) atoms. The van der Waals surface area contributed by atoms with Gasteiger partial charge >= 0.3 is 0 Å². The number of benzene rings is 1. The number of rotatable bonds is 3. The molecule has 0 aliphatic heterocycles. The van der Waals surface area contributed by atoms with Crippen LogP contribution in [0.25, 0.3) is 0 Å². The third kappa shape index (κ3) is 2.19. The molecule has 0 heterocycles. The highest BCUT2D eigenvalue weighted by Crippen LogP contribution is 2.30. The zero-order valence-corrected chi connectivity index (χ0v) is 8.93. The van der Waals surface area contributed by atoms with E-state index in [4.69, 9.17) is 15.9 Å². The first-order valence-corrected chi connectivity index (χ1v) is 4.37. The maximum absolute atomic E-state index is 10.8. The number of nitro groups is 1. The zero-order valence-electron chi connectivity index (χ0n) is 8.93. The third-order valence-electron chi connectivity index (χ3n) is 2.10. The largest absolute Gasteiger partial charge is 0.496 e. The first kappa shape index (κ1) is 11.8. The molecule has 0 bridgehead atoms. The molecule has 0 fully saturated rings. The minimum Gasteiger partial charge on any atom is -0.496 e. The minimum absolute atomic E-state index is 0.156. The molecule has 7 heteroatoms. The Kier molecular flexibility index (Phi) is 3.29. The Morgan fingerprint density at radius 2 is 2.25 bits per heavy atom. The fourth-order valence-electron chi connectivity index (χ4n) is 1.19. The van der Waals surface area contributed by atoms with Crippen LogP contribution in [0.4, 0.5) is 11.4 Å². The van der Waals surface area contributed by atoms with Crippen LogP contribution >= 0.6 is 0 Å². The quantitative estimate of drug-likeness (QED) is 0.344. The highest BCUT2D eigenvalue weighted by atomic mass is 16.6. The summed E-state index contributed by atoms with van der Waals surface area (Å²) in [5, 5.41) is 18.1. The Balaban J connectivity index is 3.28. The number of nitro benzene ring substituents is 1. The number of nitrogens with zero attached hydrogens (tertiary/aromatic N) is 2. The average Bonchev–Trinajstić information content (AvgIpc) is 2.26. The van der Waals surface area contributed by atoms with Gasteiger partial charge in [-0.3, -0.25) is 15.5 Å². The molecule has 86 valence electrons. The summed E-state index contributed by atoms with van der Waals surface area (Å²) in [7, 11) is 2.91. The van der Waals surface area contributed by atoms with Crippen molar-refractivity contribution in [3.8, 4) is 5.75 Å². The molecular weight excluding hydrogens is 212 g/mol. The van der Waals surface area contributed by atoms with Crippen molar-refractivity contribution in [2.45, 2.75) is 0 Å². The van der Waals surface area contributed by atoms with E-state index in [9.17, 15) is 10.1 Å². The molecule has 7 nitrogen and oxygen atoms in total. The second-order valence-electron chi connectivity index (χ2n) is 3.06. The minimum atomic E-state index is -0.544. The summed E-state index contributed by atoms with van der Waals surface area (Å²) in [6.07, 6.45) is 0. The lowest BCUT2D eigenvalue weighted by molar-refractivity contribution is -0.384. The van der Waals surface area contributed by atoms with Crippen molar-refractivity contribution < 1.29 is 9.66 Å². The van der Waals surface area contributed by atoms with Crippen molar-refractivity contribution in [2.24, 2.45) is 5.73 Å². The number of hydrogen-bond acceptors (Lipinski definition) is 4. The van der Waals surface area contributed by atoms with Gasteiger partial charge in [-0.2, -0.15) is 0 Å². The van der Waals surface area contributed by atoms with Crippen LogP contribution in [0.1, 0.15) is 0 Å². The van der Waals surface area contributed by atoms with Gasteiger partial charge in [-0.05, 0) is 12.1 Å². The van der Waals surface area contributed by atoms with E-state index in [0.29, 0.717) is 5.75 Å². The Bertz CT molecular complexity index is 433. The number of guanidine groups is 1. The van der Waals surface area contributed by atoms with Gasteiger partial charge in [0.2, 0.25) is 0 Å². The van der Waals surface area contributed by atoms with Crippen LogP contribution in [-0.2, 0) is 0 Å². The second kappa shape index (κ2) is 4.47. The summed E-state index contributed by atoms with van der Waals surface area (Å²) in [4.78, 5) is 11.5. The van der Waals surface area contributed by atoms with E-state index in [2.05, 4.69) is 0 Å². The third-order valence-corrected chi connectivity index (χ3v) is 2.10. The molecule has 0 aromatic heterocycles. The fraction of sp³-hybridized carbons (Fsp3) is 0.222. The Morgan fingerprint density at radius 1 is 1.62 bits per heavy atom. The number of nitrogens with two attached hydrogens (primary N) is 1. The normalized spacial score (nSPS) is 9.62. The molecule has 3 N–H and O–H groups in total. The molecule has 0 unspecified atom stereocenters. The van der Waals surface area contributed by atoms with Crippen LogP contribution in [0.5, 0.6) is 5.75 Å². The van der Waals surface area contributed by atoms with Gasteiger partial charge < -0.3 is 15.4 Å². The van der Waals surface area contributed by atoms with Gasteiger partial charge in [0.15, 0.2) is 5.96 Å². The summed E-state index contributed by atoms with van der Waals surface area (Å²) in [6, 6.07) is 4.34. The second-order valence-corrected chi connectivity index (χ2v) is 3.06. The molecule has 1 rings (SSSR count). The predicted octanol–water partition coefficient (Wildman–Crippen LogP) is 0.933. The van der Waals surface area contributed by atoms with Gasteiger partial charge in [0.25, 0.3) is 5.69 Å². The number of methoxy groups -OCH3 is 1. The van der Waals surface area contributed by atoms with Crippen molar-refractivity contribution in [2.75, 3.05) is 19.1 Å². The van der Waals surface area contributed by atoms with Gasteiger partial charge in [0.1, 0.15) is 11.4 Å². The van der Waals surface area contributed by atoms with Gasteiger partial charge in [-0.25, -0.2) is 0 Å². The molecule has 0 radical (unpaired) electrons. The Morgan fingerprint density at radius 3 is 2.69 bits per heavy atom. The SMILES string of the molecule is COc1ccc(N(C)C(=N)N)c([N+](=O)[O-])c1. The maximum Gasteiger partial charge on any atom is 0.296 e. The topological polar surface area (TPSA) is 105 Å². The standard InChI is InChI=1S/C9H12N4O3/c1-12(9(10)11)7-4-3-6(16-2)5-8(7)13(14)15/h3-5H,1-2H3,(H3,10,11). The maximum atomic E-state index is 10.8. The summed E-state index contributed by atoms with van der Waals surface area (Å²) in [5.74, 6) is 0.112. The van der Waals surface area contributed by atoms with E-state index in [1.54, 1.807) is 6.07 Å². The summed E-state index contributed by atoms with van der Waals surface area (Å²) >= 11 is 0. The predicted molar refractivity (Wildman–Crippen MR) is 60.0 cm³/mol. The molecule has 0 aliphatic rings. The lowest BCUT2D eigenvalue weighted by atomic mass is 10.2. The molecule has 0 aliphatic carbocycles. The van der Waals surface area contributed by atoms with Crippen LogP contribution in [0, 0.1) is 15.5 Å². The molecule has 0 spiro atoms. The van der Waals surface area contributed by atoms with E-state index in [-0.39, 0.29) is 17.3 Å². The van der Waals surface area contributed by atoms with E-state index in [0.717, 1.165) is 0 Å². The van der Waals surface area contributed by atoms with Crippen molar-refractivity contribution in [3.05, 3.63) is 28.3 Å². The van der Waals surface area contributed by atoms with Crippen molar-refractivity contribution in [3.63, 3.8) is 0 Å². The molecule has 1 aromatic carbocycles. The fourth-order valence-corrected chi connectivity index (χ4v) is 1.19. The molecular formula is C9H12N4O3. The monoisotopic (exact) mass is 224 g/mol. The van der Waals surface area contributed by atoms with Crippen LogP contribution in [0.15, 0.2) is 18.2 Å². The van der Waals surface area contributed by atoms with Gasteiger partial charge in [0, 0.05) is 7.05 Å². The lowest BCUT2D eigenvalue weighted by Gasteiger charge is -2.16.